The molecule has 0 unspecified atom stereocenters. The molecule has 0 spiro atoms. The predicted molar refractivity (Wildman–Crippen MR) is 90.1 cm³/mol. The van der Waals surface area contributed by atoms with Crippen LogP contribution in [0.2, 0.25) is 0 Å². The second kappa shape index (κ2) is 9.39. The van der Waals surface area contributed by atoms with Gasteiger partial charge in [-0.25, -0.2) is 0 Å². The Hall–Kier alpha value is -1.76. The van der Waals surface area contributed by atoms with E-state index < -0.39 is 0 Å². The topological polar surface area (TPSA) is 70.3 Å². The monoisotopic (exact) mass is 340 g/mol. The Morgan fingerprint density at radius 3 is 2.57 bits per heavy atom. The molecule has 6 nitrogen and oxygen atoms in total. The molecule has 1 aromatic rings. The van der Waals surface area contributed by atoms with E-state index in [4.69, 9.17) is 17.0 Å². The number of hydrogen-bond donors (Lipinski definition) is 0. The van der Waals surface area contributed by atoms with E-state index in [9.17, 15) is 14.4 Å². The Kier molecular flexibility index (Phi) is 7.88. The van der Waals surface area contributed by atoms with E-state index in [1.54, 1.807) is 13.8 Å². The van der Waals surface area contributed by atoms with E-state index in [2.05, 4.69) is 0 Å². The Morgan fingerprint density at radius 2 is 1.96 bits per heavy atom. The van der Waals surface area contributed by atoms with Gasteiger partial charge in [-0.2, -0.15) is 0 Å². The number of carbonyl (C=O) groups is 2. The third kappa shape index (κ3) is 5.74. The van der Waals surface area contributed by atoms with Gasteiger partial charge in [-0.1, -0.05) is 13.8 Å². The van der Waals surface area contributed by atoms with Gasteiger partial charge in [-0.05, 0) is 38.4 Å². The molecule has 0 aliphatic heterocycles. The molecule has 128 valence electrons. The van der Waals surface area contributed by atoms with Gasteiger partial charge < -0.3 is 4.74 Å². The van der Waals surface area contributed by atoms with Gasteiger partial charge in [0.1, 0.15) is 0 Å². The summed E-state index contributed by atoms with van der Waals surface area (Å²) in [5.41, 5.74) is -0.200. The van der Waals surface area contributed by atoms with Crippen LogP contribution in [0.4, 0.5) is 0 Å². The van der Waals surface area contributed by atoms with Gasteiger partial charge in [0.2, 0.25) is 5.91 Å². The minimum absolute atomic E-state index is 0.118. The summed E-state index contributed by atoms with van der Waals surface area (Å²) in [6, 6.07) is 1.35. The number of ether oxygens (including phenoxy) is 1. The molecule has 23 heavy (non-hydrogen) atoms. The lowest BCUT2D eigenvalue weighted by Crippen LogP contribution is -2.25. The van der Waals surface area contributed by atoms with Crippen LogP contribution in [0.5, 0.6) is 0 Å². The highest BCUT2D eigenvalue weighted by atomic mass is 32.1. The van der Waals surface area contributed by atoms with Crippen molar-refractivity contribution in [1.29, 1.82) is 0 Å². The quantitative estimate of drug-likeness (QED) is 0.413. The van der Waals surface area contributed by atoms with E-state index in [1.807, 2.05) is 6.92 Å². The lowest BCUT2D eigenvalue weighted by atomic mass is 10.2. The number of hydrogen-bond acceptors (Lipinski definition) is 5. The van der Waals surface area contributed by atoms with E-state index >= 15 is 0 Å². The highest BCUT2D eigenvalue weighted by Crippen LogP contribution is 2.05. The molecule has 1 rings (SSSR count). The Labute approximate surface area is 141 Å². The molecule has 0 N–H and O–H groups in total. The number of esters is 1. The molecule has 7 heteroatoms. The lowest BCUT2D eigenvalue weighted by molar-refractivity contribution is -0.147. The third-order valence-electron chi connectivity index (χ3n) is 3.40. The van der Waals surface area contributed by atoms with Crippen molar-refractivity contribution in [2.45, 2.75) is 53.0 Å². The summed E-state index contributed by atoms with van der Waals surface area (Å²) in [5.74, 6) is -0.446. The summed E-state index contributed by atoms with van der Waals surface area (Å²) < 4.78 is 8.04. The normalized spacial score (nSPS) is 10.8. The fraction of sp³-hybridized carbons (Fsp3) is 0.625. The fourth-order valence-electron chi connectivity index (χ4n) is 2.01. The summed E-state index contributed by atoms with van der Waals surface area (Å²) in [7, 11) is 0. The van der Waals surface area contributed by atoms with Crippen LogP contribution in [-0.2, 0) is 16.1 Å². The fourth-order valence-corrected chi connectivity index (χ4v) is 2.39. The molecule has 1 aromatic heterocycles. The van der Waals surface area contributed by atoms with Crippen LogP contribution in [-0.4, -0.2) is 27.6 Å². The van der Waals surface area contributed by atoms with E-state index in [1.165, 1.54) is 21.4 Å². The first-order valence-corrected chi connectivity index (χ1v) is 8.31. The minimum atomic E-state index is -0.200. The van der Waals surface area contributed by atoms with Crippen molar-refractivity contribution in [3.63, 3.8) is 0 Å². The maximum absolute atomic E-state index is 12.2. The SMILES string of the molecule is CCn1c(=O)ccn(C(=O)CCCCCOC(=O)C(C)C)c1=S. The van der Waals surface area contributed by atoms with Crippen molar-refractivity contribution in [3.8, 4) is 0 Å². The molecule has 0 radical (unpaired) electrons. The first-order valence-electron chi connectivity index (χ1n) is 7.90. The van der Waals surface area contributed by atoms with E-state index in [-0.39, 0.29) is 28.1 Å². The largest absolute Gasteiger partial charge is 0.465 e. The molecule has 0 amide bonds. The second-order valence-electron chi connectivity index (χ2n) is 5.58. The zero-order valence-electron chi connectivity index (χ0n) is 13.9. The zero-order chi connectivity index (χ0) is 17.4. The predicted octanol–water partition coefficient (Wildman–Crippen LogP) is 2.80. The highest BCUT2D eigenvalue weighted by molar-refractivity contribution is 7.71. The van der Waals surface area contributed by atoms with Crippen LogP contribution in [0.25, 0.3) is 0 Å². The Balaban J connectivity index is 2.42. The van der Waals surface area contributed by atoms with Crippen LogP contribution in [0.1, 0.15) is 51.2 Å². The van der Waals surface area contributed by atoms with Gasteiger partial charge in [0, 0.05) is 25.2 Å². The van der Waals surface area contributed by atoms with E-state index in [0.29, 0.717) is 26.0 Å². The molecule has 0 aliphatic rings. The van der Waals surface area contributed by atoms with E-state index in [0.717, 1.165) is 12.8 Å². The average molecular weight is 340 g/mol. The van der Waals surface area contributed by atoms with Gasteiger partial charge in [0.25, 0.3) is 5.56 Å². The molecular formula is C16H24N2O4S. The third-order valence-corrected chi connectivity index (χ3v) is 3.82. The van der Waals surface area contributed by atoms with Crippen LogP contribution in [0, 0.1) is 10.7 Å². The molecule has 0 saturated carbocycles. The van der Waals surface area contributed by atoms with Crippen LogP contribution in [0.15, 0.2) is 17.1 Å². The minimum Gasteiger partial charge on any atom is -0.465 e. The van der Waals surface area contributed by atoms with Crippen molar-refractivity contribution < 1.29 is 14.3 Å². The van der Waals surface area contributed by atoms with Crippen LogP contribution >= 0.6 is 12.2 Å². The smallest absolute Gasteiger partial charge is 0.308 e. The summed E-state index contributed by atoms with van der Waals surface area (Å²) >= 11 is 5.18. The van der Waals surface area contributed by atoms with Crippen molar-refractivity contribution in [1.82, 2.24) is 9.13 Å². The number of rotatable bonds is 8. The van der Waals surface area contributed by atoms with Gasteiger partial charge in [-0.15, -0.1) is 0 Å². The number of carbonyl (C=O) groups excluding carboxylic acids is 2. The maximum atomic E-state index is 12.2. The van der Waals surface area contributed by atoms with Crippen molar-refractivity contribution in [3.05, 3.63) is 27.4 Å². The maximum Gasteiger partial charge on any atom is 0.308 e. The van der Waals surface area contributed by atoms with Crippen LogP contribution in [0.3, 0.4) is 0 Å². The molecule has 0 saturated heterocycles. The summed E-state index contributed by atoms with van der Waals surface area (Å²) in [5, 5.41) is 0. The standard InChI is InChI=1S/C16H24N2O4S/c1-4-17-14(20)9-10-18(16(17)23)13(19)8-6-5-7-11-22-15(21)12(2)3/h9-10,12H,4-8,11H2,1-3H3. The molecule has 0 bridgehead atoms. The average Bonchev–Trinajstić information content (AvgIpc) is 2.50. The van der Waals surface area contributed by atoms with Crippen LogP contribution < -0.4 is 5.56 Å². The summed E-state index contributed by atoms with van der Waals surface area (Å²) in [6.07, 6.45) is 3.98. The molecule has 1 heterocycles. The number of aromatic nitrogens is 2. The zero-order valence-corrected chi connectivity index (χ0v) is 14.7. The van der Waals surface area contributed by atoms with Gasteiger partial charge in [0.05, 0.1) is 12.5 Å². The molecular weight excluding hydrogens is 316 g/mol. The van der Waals surface area contributed by atoms with Gasteiger partial charge in [-0.3, -0.25) is 23.5 Å². The molecule has 0 aliphatic carbocycles. The summed E-state index contributed by atoms with van der Waals surface area (Å²) in [6.45, 7) is 6.21. The van der Waals surface area contributed by atoms with Crippen molar-refractivity contribution in [2.75, 3.05) is 6.61 Å². The Bertz CT molecular complexity index is 661. The lowest BCUT2D eigenvalue weighted by Gasteiger charge is -2.09. The number of nitrogens with zero attached hydrogens (tertiary/aromatic N) is 2. The molecule has 0 aromatic carbocycles. The molecule has 0 fully saturated rings. The van der Waals surface area contributed by atoms with Crippen molar-refractivity contribution in [2.24, 2.45) is 5.92 Å². The second-order valence-corrected chi connectivity index (χ2v) is 5.94. The molecule has 0 atom stereocenters. The van der Waals surface area contributed by atoms with Gasteiger partial charge in [0.15, 0.2) is 4.77 Å². The number of unbranched alkanes of at least 4 members (excludes halogenated alkanes) is 2. The first kappa shape index (κ1) is 19.3. The van der Waals surface area contributed by atoms with Crippen molar-refractivity contribution >= 4 is 24.1 Å². The highest BCUT2D eigenvalue weighted by Gasteiger charge is 2.09. The summed E-state index contributed by atoms with van der Waals surface area (Å²) in [4.78, 5) is 35.1. The Morgan fingerprint density at radius 1 is 1.26 bits per heavy atom. The van der Waals surface area contributed by atoms with Gasteiger partial charge >= 0.3 is 5.97 Å². The first-order chi connectivity index (χ1) is 10.9.